The van der Waals surface area contributed by atoms with Crippen molar-refractivity contribution < 1.29 is 18.0 Å². The predicted octanol–water partition coefficient (Wildman–Crippen LogP) is 4.50. The first-order valence-electron chi connectivity index (χ1n) is 8.16. The third-order valence-corrected chi connectivity index (χ3v) is 4.87. The van der Waals surface area contributed by atoms with Gasteiger partial charge < -0.3 is 5.32 Å². The number of aryl methyl sites for hydroxylation is 1. The van der Waals surface area contributed by atoms with Gasteiger partial charge in [-0.2, -0.15) is 13.2 Å². The molecule has 140 valence electrons. The van der Waals surface area contributed by atoms with Crippen molar-refractivity contribution in [3.8, 4) is 11.4 Å². The van der Waals surface area contributed by atoms with E-state index in [1.54, 1.807) is 18.3 Å². The van der Waals surface area contributed by atoms with Crippen molar-refractivity contribution in [1.29, 1.82) is 0 Å². The summed E-state index contributed by atoms with van der Waals surface area (Å²) in [6, 6.07) is 8.57. The SMILES string of the molecule is Cc1nc(-c2ccc(C(F)(F)F)cc2)ncc1C(=O)NCCc1cccs1. The monoisotopic (exact) mass is 391 g/mol. The topological polar surface area (TPSA) is 54.9 Å². The lowest BCUT2D eigenvalue weighted by atomic mass is 10.1. The lowest BCUT2D eigenvalue weighted by molar-refractivity contribution is -0.137. The Hall–Kier alpha value is -2.74. The Labute approximate surface area is 158 Å². The second kappa shape index (κ2) is 7.87. The minimum Gasteiger partial charge on any atom is -0.352 e. The van der Waals surface area contributed by atoms with Crippen LogP contribution in [0.2, 0.25) is 0 Å². The smallest absolute Gasteiger partial charge is 0.352 e. The van der Waals surface area contributed by atoms with E-state index in [-0.39, 0.29) is 11.7 Å². The number of aromatic nitrogens is 2. The fraction of sp³-hybridized carbons (Fsp3) is 0.211. The second-order valence-corrected chi connectivity index (χ2v) is 6.89. The maximum atomic E-state index is 12.6. The zero-order valence-corrected chi connectivity index (χ0v) is 15.2. The number of rotatable bonds is 5. The minimum absolute atomic E-state index is 0.274. The van der Waals surface area contributed by atoms with E-state index in [4.69, 9.17) is 0 Å². The minimum atomic E-state index is -4.39. The number of thiophene rings is 1. The number of carbonyl (C=O) groups excluding carboxylic acids is 1. The second-order valence-electron chi connectivity index (χ2n) is 5.85. The van der Waals surface area contributed by atoms with E-state index < -0.39 is 11.7 Å². The molecule has 1 aromatic carbocycles. The molecule has 0 aliphatic carbocycles. The van der Waals surface area contributed by atoms with E-state index in [0.29, 0.717) is 23.4 Å². The van der Waals surface area contributed by atoms with E-state index in [9.17, 15) is 18.0 Å². The third kappa shape index (κ3) is 4.71. The molecule has 0 spiro atoms. The van der Waals surface area contributed by atoms with E-state index in [1.165, 1.54) is 23.2 Å². The summed E-state index contributed by atoms with van der Waals surface area (Å²) >= 11 is 1.63. The van der Waals surface area contributed by atoms with Gasteiger partial charge in [0, 0.05) is 23.2 Å². The average molecular weight is 391 g/mol. The van der Waals surface area contributed by atoms with Crippen molar-refractivity contribution in [3.05, 3.63) is 69.7 Å². The third-order valence-electron chi connectivity index (χ3n) is 3.93. The molecule has 0 radical (unpaired) electrons. The number of halogens is 3. The van der Waals surface area contributed by atoms with E-state index in [0.717, 1.165) is 18.6 Å². The number of nitrogens with one attached hydrogen (secondary N) is 1. The number of alkyl halides is 3. The largest absolute Gasteiger partial charge is 0.416 e. The summed E-state index contributed by atoms with van der Waals surface area (Å²) in [5.74, 6) is -0.000569. The first-order chi connectivity index (χ1) is 12.8. The Kier molecular flexibility index (Phi) is 5.55. The van der Waals surface area contributed by atoms with Crippen LogP contribution in [0.5, 0.6) is 0 Å². The van der Waals surface area contributed by atoms with Crippen LogP contribution in [-0.4, -0.2) is 22.4 Å². The van der Waals surface area contributed by atoms with Gasteiger partial charge in [-0.1, -0.05) is 18.2 Å². The van der Waals surface area contributed by atoms with E-state index in [1.807, 2.05) is 17.5 Å². The zero-order chi connectivity index (χ0) is 19.4. The Balaban J connectivity index is 1.68. The summed E-state index contributed by atoms with van der Waals surface area (Å²) < 4.78 is 37.9. The number of nitrogens with zero attached hydrogens (tertiary/aromatic N) is 2. The van der Waals surface area contributed by atoms with Crippen LogP contribution in [0.15, 0.2) is 48.0 Å². The molecule has 3 rings (SSSR count). The van der Waals surface area contributed by atoms with Gasteiger partial charge >= 0.3 is 6.18 Å². The molecule has 0 bridgehead atoms. The molecule has 0 aliphatic heterocycles. The van der Waals surface area contributed by atoms with Crippen molar-refractivity contribution in [1.82, 2.24) is 15.3 Å². The Bertz CT molecular complexity index is 922. The van der Waals surface area contributed by atoms with Gasteiger partial charge in [-0.15, -0.1) is 11.3 Å². The molecule has 1 N–H and O–H groups in total. The molecule has 0 aliphatic rings. The van der Waals surface area contributed by atoms with Gasteiger partial charge in [-0.25, -0.2) is 9.97 Å². The summed E-state index contributed by atoms with van der Waals surface area (Å²) in [6.07, 6.45) is -2.25. The van der Waals surface area contributed by atoms with Crippen molar-refractivity contribution in [2.45, 2.75) is 19.5 Å². The van der Waals surface area contributed by atoms with Crippen LogP contribution in [-0.2, 0) is 12.6 Å². The Morgan fingerprint density at radius 1 is 1.19 bits per heavy atom. The summed E-state index contributed by atoms with van der Waals surface area (Å²) in [5.41, 5.74) is 0.533. The molecule has 2 aromatic heterocycles. The molecule has 1 amide bonds. The van der Waals surface area contributed by atoms with Crippen LogP contribution in [0.4, 0.5) is 13.2 Å². The highest BCUT2D eigenvalue weighted by molar-refractivity contribution is 7.09. The van der Waals surface area contributed by atoms with Gasteiger partial charge in [0.05, 0.1) is 16.8 Å². The zero-order valence-electron chi connectivity index (χ0n) is 14.4. The normalized spacial score (nSPS) is 11.4. The molecule has 0 fully saturated rings. The fourth-order valence-electron chi connectivity index (χ4n) is 2.49. The number of hydrogen-bond donors (Lipinski definition) is 1. The van der Waals surface area contributed by atoms with E-state index in [2.05, 4.69) is 15.3 Å². The maximum Gasteiger partial charge on any atom is 0.416 e. The fourth-order valence-corrected chi connectivity index (χ4v) is 3.20. The van der Waals surface area contributed by atoms with Gasteiger partial charge in [-0.3, -0.25) is 4.79 Å². The highest BCUT2D eigenvalue weighted by Gasteiger charge is 2.30. The highest BCUT2D eigenvalue weighted by atomic mass is 32.1. The van der Waals surface area contributed by atoms with Crippen molar-refractivity contribution in [2.75, 3.05) is 6.54 Å². The van der Waals surface area contributed by atoms with Crippen molar-refractivity contribution in [3.63, 3.8) is 0 Å². The first-order valence-corrected chi connectivity index (χ1v) is 9.04. The number of carbonyl (C=O) groups is 1. The van der Waals surface area contributed by atoms with Gasteiger partial charge in [0.15, 0.2) is 5.82 Å². The van der Waals surface area contributed by atoms with Crippen LogP contribution in [0, 0.1) is 6.92 Å². The number of hydrogen-bond acceptors (Lipinski definition) is 4. The average Bonchev–Trinajstić information content (AvgIpc) is 3.14. The van der Waals surface area contributed by atoms with Crippen molar-refractivity contribution in [2.24, 2.45) is 0 Å². The van der Waals surface area contributed by atoms with Crippen LogP contribution in [0.1, 0.15) is 26.5 Å². The van der Waals surface area contributed by atoms with Gasteiger partial charge in [0.1, 0.15) is 0 Å². The molecule has 8 heteroatoms. The predicted molar refractivity (Wildman–Crippen MR) is 97.6 cm³/mol. The summed E-state index contributed by atoms with van der Waals surface area (Å²) in [6.45, 7) is 2.17. The van der Waals surface area contributed by atoms with Crippen molar-refractivity contribution >= 4 is 17.2 Å². The summed E-state index contributed by atoms with van der Waals surface area (Å²) in [4.78, 5) is 21.9. The molecule has 4 nitrogen and oxygen atoms in total. The molecule has 0 unspecified atom stereocenters. The number of amides is 1. The lowest BCUT2D eigenvalue weighted by Gasteiger charge is -2.09. The summed E-state index contributed by atoms with van der Waals surface area (Å²) in [5, 5.41) is 4.81. The van der Waals surface area contributed by atoms with Crippen LogP contribution in [0.25, 0.3) is 11.4 Å². The van der Waals surface area contributed by atoms with Gasteiger partial charge in [-0.05, 0) is 36.9 Å². The molecule has 2 heterocycles. The Morgan fingerprint density at radius 2 is 1.93 bits per heavy atom. The highest BCUT2D eigenvalue weighted by Crippen LogP contribution is 2.30. The lowest BCUT2D eigenvalue weighted by Crippen LogP contribution is -2.26. The Morgan fingerprint density at radius 3 is 2.52 bits per heavy atom. The molecular weight excluding hydrogens is 375 g/mol. The molecular formula is C19H16F3N3OS. The summed E-state index contributed by atoms with van der Waals surface area (Å²) in [7, 11) is 0. The quantitative estimate of drug-likeness (QED) is 0.697. The van der Waals surface area contributed by atoms with Crippen LogP contribution in [0.3, 0.4) is 0 Å². The molecule has 0 saturated carbocycles. The molecule has 0 saturated heterocycles. The maximum absolute atomic E-state index is 12.6. The first kappa shape index (κ1) is 19.0. The molecule has 27 heavy (non-hydrogen) atoms. The van der Waals surface area contributed by atoms with Gasteiger partial charge in [0.2, 0.25) is 0 Å². The van der Waals surface area contributed by atoms with Crippen LogP contribution >= 0.6 is 11.3 Å². The van der Waals surface area contributed by atoms with Crippen LogP contribution < -0.4 is 5.32 Å². The molecule has 0 atom stereocenters. The van der Waals surface area contributed by atoms with Gasteiger partial charge in [0.25, 0.3) is 5.91 Å². The standard InChI is InChI=1S/C19H16F3N3OS/c1-12-16(18(26)23-9-8-15-3-2-10-27-15)11-24-17(25-12)13-4-6-14(7-5-13)19(20,21)22/h2-7,10-11H,8-9H2,1H3,(H,23,26). The molecule has 3 aromatic rings. The number of benzene rings is 1. The van der Waals surface area contributed by atoms with E-state index >= 15 is 0 Å².